The normalized spacial score (nSPS) is 11.7. The molecule has 3 aromatic rings. The van der Waals surface area contributed by atoms with Gasteiger partial charge < -0.3 is 22.1 Å². The molecule has 0 fully saturated rings. The lowest BCUT2D eigenvalue weighted by atomic mass is 10.0. The van der Waals surface area contributed by atoms with Crippen molar-refractivity contribution in [1.29, 1.82) is 0 Å². The van der Waals surface area contributed by atoms with Crippen molar-refractivity contribution in [2.24, 2.45) is 17.4 Å². The van der Waals surface area contributed by atoms with Crippen molar-refractivity contribution in [3.05, 3.63) is 60.6 Å². The lowest BCUT2D eigenvalue weighted by molar-refractivity contribution is -0.119. The molecule has 0 aliphatic carbocycles. The Hall–Kier alpha value is -4.01. The van der Waals surface area contributed by atoms with E-state index in [4.69, 9.17) is 11.5 Å². The second kappa shape index (κ2) is 9.66. The molecule has 0 unspecified atom stereocenters. The van der Waals surface area contributed by atoms with E-state index in [9.17, 15) is 9.59 Å². The molecular weight excluding hydrogens is 394 g/mol. The molecule has 9 nitrogen and oxygen atoms in total. The molecular formula is C22H25N7O2. The number of nitrogens with zero attached hydrogens (tertiary/aromatic N) is 3. The molecule has 3 rings (SSSR count). The first kappa shape index (κ1) is 21.7. The van der Waals surface area contributed by atoms with E-state index in [2.05, 4.69) is 25.6 Å². The maximum atomic E-state index is 11.9. The number of pyridine rings is 1. The van der Waals surface area contributed by atoms with Gasteiger partial charge in [0.1, 0.15) is 17.4 Å². The molecule has 2 heterocycles. The van der Waals surface area contributed by atoms with Crippen LogP contribution in [0.15, 0.2) is 55.0 Å². The molecule has 2 amide bonds. The van der Waals surface area contributed by atoms with Gasteiger partial charge in [-0.05, 0) is 47.7 Å². The summed E-state index contributed by atoms with van der Waals surface area (Å²) in [6.45, 7) is 3.97. The Labute approximate surface area is 180 Å². The summed E-state index contributed by atoms with van der Waals surface area (Å²) < 4.78 is 0. The van der Waals surface area contributed by atoms with Crippen LogP contribution in [0.1, 0.15) is 30.6 Å². The molecule has 0 bridgehead atoms. The molecule has 1 aromatic carbocycles. The number of carbonyl (C=O) groups is 2. The number of nitrogens with two attached hydrogens (primary N) is 2. The number of hydrogen-bond donors (Lipinski definition) is 4. The summed E-state index contributed by atoms with van der Waals surface area (Å²) in [7, 11) is 0. The van der Waals surface area contributed by atoms with Gasteiger partial charge in [0.15, 0.2) is 0 Å². The van der Waals surface area contributed by atoms with Crippen molar-refractivity contribution in [1.82, 2.24) is 15.0 Å². The average molecular weight is 419 g/mol. The van der Waals surface area contributed by atoms with Gasteiger partial charge in [-0.25, -0.2) is 4.98 Å². The fourth-order valence-electron chi connectivity index (χ4n) is 3.06. The van der Waals surface area contributed by atoms with Crippen LogP contribution in [0, 0.1) is 5.92 Å². The molecule has 0 spiro atoms. The van der Waals surface area contributed by atoms with Crippen molar-refractivity contribution in [3.63, 3.8) is 0 Å². The highest BCUT2D eigenvalue weighted by atomic mass is 16.1. The van der Waals surface area contributed by atoms with Crippen molar-refractivity contribution in [2.45, 2.75) is 26.3 Å². The van der Waals surface area contributed by atoms with Crippen LogP contribution in [0.3, 0.4) is 0 Å². The number of amides is 2. The standard InChI is InChI=1S/C22H25N7O2/c1-13(2)10-18(20(24)31)28-22-26-12-17(19(23)30)21(29-22)27-16-5-3-4-15(11-16)14-6-8-25-9-7-14/h3-9,11-13,18H,10H2,1-2H3,(H2,23,30)(H2,24,31)(H2,26,27,28,29)/t18-/m1/s1. The molecule has 0 saturated carbocycles. The van der Waals surface area contributed by atoms with E-state index in [-0.39, 0.29) is 23.2 Å². The monoisotopic (exact) mass is 419 g/mol. The van der Waals surface area contributed by atoms with E-state index in [0.717, 1.165) is 11.1 Å². The van der Waals surface area contributed by atoms with Gasteiger partial charge in [-0.2, -0.15) is 4.98 Å². The number of benzene rings is 1. The Morgan fingerprint density at radius 3 is 2.45 bits per heavy atom. The van der Waals surface area contributed by atoms with Gasteiger partial charge >= 0.3 is 0 Å². The van der Waals surface area contributed by atoms with E-state index in [1.165, 1.54) is 6.20 Å². The molecule has 0 radical (unpaired) electrons. The third kappa shape index (κ3) is 5.75. The van der Waals surface area contributed by atoms with Crippen LogP contribution >= 0.6 is 0 Å². The van der Waals surface area contributed by atoms with Gasteiger partial charge in [-0.1, -0.05) is 26.0 Å². The Morgan fingerprint density at radius 2 is 1.81 bits per heavy atom. The number of hydrogen-bond acceptors (Lipinski definition) is 7. The molecule has 9 heteroatoms. The molecule has 0 saturated heterocycles. The number of carbonyl (C=O) groups excluding carboxylic acids is 2. The summed E-state index contributed by atoms with van der Waals surface area (Å²) in [4.78, 5) is 36.2. The SMILES string of the molecule is CC(C)C[C@@H](Nc1ncc(C(N)=O)c(Nc2cccc(-c3ccncc3)c2)n1)C(N)=O. The second-order valence-corrected chi connectivity index (χ2v) is 7.49. The van der Waals surface area contributed by atoms with Gasteiger partial charge in [0, 0.05) is 24.3 Å². The number of anilines is 3. The lowest BCUT2D eigenvalue weighted by Crippen LogP contribution is -2.37. The van der Waals surface area contributed by atoms with E-state index < -0.39 is 17.9 Å². The summed E-state index contributed by atoms with van der Waals surface area (Å²) in [6.07, 6.45) is 5.28. The van der Waals surface area contributed by atoms with Gasteiger partial charge in [0.25, 0.3) is 5.91 Å². The maximum absolute atomic E-state index is 11.9. The predicted molar refractivity (Wildman–Crippen MR) is 120 cm³/mol. The van der Waals surface area contributed by atoms with Crippen LogP contribution in [0.2, 0.25) is 0 Å². The first-order chi connectivity index (χ1) is 14.8. The zero-order valence-electron chi connectivity index (χ0n) is 17.4. The minimum atomic E-state index is -0.673. The fourth-order valence-corrected chi connectivity index (χ4v) is 3.06. The highest BCUT2D eigenvalue weighted by Gasteiger charge is 2.19. The van der Waals surface area contributed by atoms with Crippen molar-refractivity contribution in [3.8, 4) is 11.1 Å². The Balaban J connectivity index is 1.90. The maximum Gasteiger partial charge on any atom is 0.254 e. The fraction of sp³-hybridized carbons (Fsp3) is 0.227. The molecule has 0 aliphatic heterocycles. The van der Waals surface area contributed by atoms with Crippen molar-refractivity contribution < 1.29 is 9.59 Å². The summed E-state index contributed by atoms with van der Waals surface area (Å²) >= 11 is 0. The molecule has 1 atom stereocenters. The smallest absolute Gasteiger partial charge is 0.254 e. The van der Waals surface area contributed by atoms with Crippen LogP contribution in [-0.4, -0.2) is 32.8 Å². The van der Waals surface area contributed by atoms with Crippen LogP contribution in [-0.2, 0) is 4.79 Å². The molecule has 0 aliphatic rings. The summed E-state index contributed by atoms with van der Waals surface area (Å²) in [6, 6.07) is 10.8. The lowest BCUT2D eigenvalue weighted by Gasteiger charge is -2.18. The summed E-state index contributed by atoms with van der Waals surface area (Å²) in [5.41, 5.74) is 13.8. The van der Waals surface area contributed by atoms with E-state index >= 15 is 0 Å². The number of nitrogens with one attached hydrogen (secondary N) is 2. The van der Waals surface area contributed by atoms with Gasteiger partial charge in [-0.15, -0.1) is 0 Å². The zero-order chi connectivity index (χ0) is 22.4. The van der Waals surface area contributed by atoms with Gasteiger partial charge in [0.2, 0.25) is 11.9 Å². The van der Waals surface area contributed by atoms with Crippen LogP contribution in [0.4, 0.5) is 17.5 Å². The Bertz CT molecular complexity index is 1070. The number of primary amides is 2. The van der Waals surface area contributed by atoms with E-state index in [1.807, 2.05) is 50.2 Å². The number of aromatic nitrogens is 3. The quantitative estimate of drug-likeness (QED) is 0.416. The third-order valence-electron chi connectivity index (χ3n) is 4.55. The first-order valence-electron chi connectivity index (χ1n) is 9.83. The summed E-state index contributed by atoms with van der Waals surface area (Å²) in [5, 5.41) is 6.07. The largest absolute Gasteiger partial charge is 0.368 e. The molecule has 6 N–H and O–H groups in total. The first-order valence-corrected chi connectivity index (χ1v) is 9.83. The second-order valence-electron chi connectivity index (χ2n) is 7.49. The van der Waals surface area contributed by atoms with Crippen LogP contribution < -0.4 is 22.1 Å². The van der Waals surface area contributed by atoms with Crippen LogP contribution in [0.5, 0.6) is 0 Å². The minimum Gasteiger partial charge on any atom is -0.368 e. The highest BCUT2D eigenvalue weighted by Crippen LogP contribution is 2.25. The summed E-state index contributed by atoms with van der Waals surface area (Å²) in [5.74, 6) is -0.542. The molecule has 160 valence electrons. The topological polar surface area (TPSA) is 149 Å². The molecule has 2 aromatic heterocycles. The highest BCUT2D eigenvalue weighted by molar-refractivity contribution is 5.98. The van der Waals surface area contributed by atoms with E-state index in [1.54, 1.807) is 12.4 Å². The predicted octanol–water partition coefficient (Wildman–Crippen LogP) is 2.69. The van der Waals surface area contributed by atoms with Gasteiger partial charge in [-0.3, -0.25) is 14.6 Å². The third-order valence-corrected chi connectivity index (χ3v) is 4.55. The Kier molecular flexibility index (Phi) is 6.76. The van der Waals surface area contributed by atoms with Gasteiger partial charge in [0.05, 0.1) is 0 Å². The minimum absolute atomic E-state index is 0.124. The van der Waals surface area contributed by atoms with E-state index in [0.29, 0.717) is 12.1 Å². The average Bonchev–Trinajstić information content (AvgIpc) is 2.74. The molecule has 31 heavy (non-hydrogen) atoms. The zero-order valence-corrected chi connectivity index (χ0v) is 17.4. The van der Waals surface area contributed by atoms with Crippen molar-refractivity contribution in [2.75, 3.05) is 10.6 Å². The van der Waals surface area contributed by atoms with Crippen molar-refractivity contribution >= 4 is 29.3 Å². The Morgan fingerprint density at radius 1 is 1.06 bits per heavy atom. The number of rotatable bonds is 9. The van der Waals surface area contributed by atoms with Crippen LogP contribution in [0.25, 0.3) is 11.1 Å².